The third-order valence-corrected chi connectivity index (χ3v) is 6.27. The summed E-state index contributed by atoms with van der Waals surface area (Å²) < 4.78 is 19.1. The maximum Gasteiger partial charge on any atom is 0.242 e. The van der Waals surface area contributed by atoms with Crippen molar-refractivity contribution in [2.75, 3.05) is 50.9 Å². The molecular weight excluding hydrogens is 456 g/mol. The van der Waals surface area contributed by atoms with Crippen LogP contribution in [0.15, 0.2) is 24.3 Å². The summed E-state index contributed by atoms with van der Waals surface area (Å²) in [6, 6.07) is 7.64. The number of ether oxygens (including phenoxy) is 3. The highest BCUT2D eigenvalue weighted by atomic mass is 35.5. The standard InChI is InChI=1S/C25H35ClN4O4/c1-18(2)17-34-22-6-5-21(26)14-20(22)15-30-19(3)13-23(27-30)29-10-9-28(16-24(29)31)8-7-25-32-11-4-12-33-25/h5-6,13-14,18,25H,4,7-12,15-17H2,1-3H3. The van der Waals surface area contributed by atoms with Crippen molar-refractivity contribution in [2.45, 2.75) is 46.4 Å². The van der Waals surface area contributed by atoms with E-state index < -0.39 is 0 Å². The molecule has 3 heterocycles. The summed E-state index contributed by atoms with van der Waals surface area (Å²) in [5.41, 5.74) is 1.95. The third-order valence-electron chi connectivity index (χ3n) is 6.04. The first-order valence-electron chi connectivity index (χ1n) is 12.1. The van der Waals surface area contributed by atoms with E-state index in [1.807, 2.05) is 35.9 Å². The Morgan fingerprint density at radius 2 is 2.00 bits per heavy atom. The van der Waals surface area contributed by atoms with E-state index in [-0.39, 0.29) is 12.2 Å². The van der Waals surface area contributed by atoms with E-state index in [0.717, 1.165) is 56.2 Å². The fourth-order valence-electron chi connectivity index (χ4n) is 4.16. The molecule has 0 aliphatic carbocycles. The highest BCUT2D eigenvalue weighted by molar-refractivity contribution is 6.30. The van der Waals surface area contributed by atoms with Gasteiger partial charge >= 0.3 is 0 Å². The van der Waals surface area contributed by atoms with Gasteiger partial charge in [-0.15, -0.1) is 0 Å². The zero-order valence-electron chi connectivity index (χ0n) is 20.3. The van der Waals surface area contributed by atoms with E-state index >= 15 is 0 Å². The number of piperazine rings is 1. The number of aromatic nitrogens is 2. The molecule has 4 rings (SSSR count). The molecule has 2 aliphatic rings. The van der Waals surface area contributed by atoms with E-state index in [1.165, 1.54) is 0 Å². The molecule has 9 heteroatoms. The number of hydrogen-bond acceptors (Lipinski definition) is 6. The van der Waals surface area contributed by atoms with Crippen molar-refractivity contribution in [1.29, 1.82) is 0 Å². The Balaban J connectivity index is 1.38. The van der Waals surface area contributed by atoms with Crippen LogP contribution in [0.2, 0.25) is 5.02 Å². The quantitative estimate of drug-likeness (QED) is 0.533. The minimum absolute atomic E-state index is 0.0603. The van der Waals surface area contributed by atoms with Gasteiger partial charge in [0, 0.05) is 48.4 Å². The van der Waals surface area contributed by atoms with E-state index in [9.17, 15) is 4.79 Å². The van der Waals surface area contributed by atoms with Crippen molar-refractivity contribution in [1.82, 2.24) is 14.7 Å². The lowest BCUT2D eigenvalue weighted by Crippen LogP contribution is -2.51. The van der Waals surface area contributed by atoms with Gasteiger partial charge in [-0.05, 0) is 37.5 Å². The van der Waals surface area contributed by atoms with E-state index in [4.69, 9.17) is 30.9 Å². The van der Waals surface area contributed by atoms with Crippen molar-refractivity contribution in [3.63, 3.8) is 0 Å². The van der Waals surface area contributed by atoms with Gasteiger partial charge in [-0.3, -0.25) is 19.3 Å². The van der Waals surface area contributed by atoms with E-state index in [1.54, 1.807) is 4.90 Å². The van der Waals surface area contributed by atoms with Gasteiger partial charge in [0.1, 0.15) is 5.75 Å². The summed E-state index contributed by atoms with van der Waals surface area (Å²) >= 11 is 6.26. The van der Waals surface area contributed by atoms with Crippen molar-refractivity contribution in [3.05, 3.63) is 40.5 Å². The van der Waals surface area contributed by atoms with E-state index in [2.05, 4.69) is 18.7 Å². The minimum atomic E-state index is -0.152. The number of rotatable bonds is 9. The van der Waals surface area contributed by atoms with Crippen molar-refractivity contribution >= 4 is 23.3 Å². The number of nitrogens with zero attached hydrogens (tertiary/aromatic N) is 4. The highest BCUT2D eigenvalue weighted by Gasteiger charge is 2.28. The van der Waals surface area contributed by atoms with Crippen LogP contribution in [0.3, 0.4) is 0 Å². The number of hydrogen-bond donors (Lipinski definition) is 0. The van der Waals surface area contributed by atoms with Crippen LogP contribution in [0.5, 0.6) is 5.75 Å². The van der Waals surface area contributed by atoms with Gasteiger partial charge in [0.2, 0.25) is 5.91 Å². The number of halogens is 1. The summed E-state index contributed by atoms with van der Waals surface area (Å²) in [6.45, 7) is 11.5. The number of aryl methyl sites for hydroxylation is 1. The van der Waals surface area contributed by atoms with Crippen LogP contribution >= 0.6 is 11.6 Å². The molecular formula is C25H35ClN4O4. The molecule has 2 saturated heterocycles. The second-order valence-corrected chi connectivity index (χ2v) is 9.83. The van der Waals surface area contributed by atoms with Crippen molar-refractivity contribution < 1.29 is 19.0 Å². The Bertz CT molecular complexity index is 974. The van der Waals surface area contributed by atoms with Gasteiger partial charge in [0.25, 0.3) is 0 Å². The second kappa shape index (κ2) is 11.5. The zero-order valence-corrected chi connectivity index (χ0v) is 21.1. The topological polar surface area (TPSA) is 69.1 Å². The van der Waals surface area contributed by atoms with Crippen LogP contribution < -0.4 is 9.64 Å². The molecule has 2 aliphatic heterocycles. The maximum absolute atomic E-state index is 12.9. The van der Waals surface area contributed by atoms with Crippen LogP contribution in [0.4, 0.5) is 5.82 Å². The molecule has 0 radical (unpaired) electrons. The smallest absolute Gasteiger partial charge is 0.242 e. The lowest BCUT2D eigenvalue weighted by Gasteiger charge is -2.34. The Labute approximate surface area is 206 Å². The molecule has 0 N–H and O–H groups in total. The number of carbonyl (C=O) groups is 1. The molecule has 0 unspecified atom stereocenters. The number of benzene rings is 1. The first kappa shape index (κ1) is 25.0. The fourth-order valence-corrected chi connectivity index (χ4v) is 4.36. The van der Waals surface area contributed by atoms with Crippen LogP contribution in [0, 0.1) is 12.8 Å². The molecule has 8 nitrogen and oxygen atoms in total. The molecule has 0 bridgehead atoms. The molecule has 186 valence electrons. The summed E-state index contributed by atoms with van der Waals surface area (Å²) in [6.07, 6.45) is 1.58. The molecule has 2 fully saturated rings. The number of carbonyl (C=O) groups excluding carboxylic acids is 1. The lowest BCUT2D eigenvalue weighted by atomic mass is 10.2. The molecule has 1 amide bonds. The predicted molar refractivity (Wildman–Crippen MR) is 132 cm³/mol. The Morgan fingerprint density at radius 3 is 2.74 bits per heavy atom. The molecule has 0 spiro atoms. The van der Waals surface area contributed by atoms with Gasteiger partial charge < -0.3 is 14.2 Å². The fraction of sp³-hybridized carbons (Fsp3) is 0.600. The molecule has 1 aromatic carbocycles. The summed E-state index contributed by atoms with van der Waals surface area (Å²) in [4.78, 5) is 16.9. The third kappa shape index (κ3) is 6.50. The Kier molecular flexibility index (Phi) is 8.47. The molecule has 2 aromatic rings. The predicted octanol–water partition coefficient (Wildman–Crippen LogP) is 3.73. The Hall–Kier alpha value is -2.13. The van der Waals surface area contributed by atoms with Crippen LogP contribution in [-0.2, 0) is 20.8 Å². The maximum atomic E-state index is 12.9. The van der Waals surface area contributed by atoms with Crippen LogP contribution in [0.25, 0.3) is 0 Å². The summed E-state index contributed by atoms with van der Waals surface area (Å²) in [5, 5.41) is 5.41. The van der Waals surface area contributed by atoms with Gasteiger partial charge in [0.05, 0.1) is 32.9 Å². The summed E-state index contributed by atoms with van der Waals surface area (Å²) in [5.74, 6) is 1.98. The number of amides is 1. The molecule has 0 atom stereocenters. The number of anilines is 1. The summed E-state index contributed by atoms with van der Waals surface area (Å²) in [7, 11) is 0. The van der Waals surface area contributed by atoms with Crippen LogP contribution in [-0.4, -0.2) is 72.9 Å². The van der Waals surface area contributed by atoms with Gasteiger partial charge in [0.15, 0.2) is 12.1 Å². The Morgan fingerprint density at radius 1 is 1.21 bits per heavy atom. The van der Waals surface area contributed by atoms with E-state index in [0.29, 0.717) is 43.0 Å². The van der Waals surface area contributed by atoms with Gasteiger partial charge in [-0.25, -0.2) is 0 Å². The molecule has 1 aromatic heterocycles. The lowest BCUT2D eigenvalue weighted by molar-refractivity contribution is -0.182. The largest absolute Gasteiger partial charge is 0.493 e. The minimum Gasteiger partial charge on any atom is -0.493 e. The highest BCUT2D eigenvalue weighted by Crippen LogP contribution is 2.26. The van der Waals surface area contributed by atoms with Gasteiger partial charge in [-0.2, -0.15) is 5.10 Å². The van der Waals surface area contributed by atoms with Crippen molar-refractivity contribution in [2.24, 2.45) is 5.92 Å². The van der Waals surface area contributed by atoms with Crippen molar-refractivity contribution in [3.8, 4) is 5.75 Å². The molecule has 34 heavy (non-hydrogen) atoms. The normalized spacial score (nSPS) is 18.1. The zero-order chi connectivity index (χ0) is 24.1. The first-order valence-corrected chi connectivity index (χ1v) is 12.5. The van der Waals surface area contributed by atoms with Gasteiger partial charge in [-0.1, -0.05) is 25.4 Å². The second-order valence-electron chi connectivity index (χ2n) is 9.39. The monoisotopic (exact) mass is 490 g/mol. The molecule has 0 saturated carbocycles. The first-order chi connectivity index (χ1) is 16.4. The van der Waals surface area contributed by atoms with Crippen LogP contribution in [0.1, 0.15) is 37.9 Å². The SMILES string of the molecule is Cc1cc(N2CCN(CCC3OCCCO3)CC2=O)nn1Cc1cc(Cl)ccc1OCC(C)C. The average molecular weight is 491 g/mol. The average Bonchev–Trinajstić information content (AvgIpc) is 3.17.